The largest absolute Gasteiger partial charge is 0.483 e. The molecule has 0 radical (unpaired) electrons. The van der Waals surface area contributed by atoms with Crippen LogP contribution in [-0.4, -0.2) is 146 Å². The van der Waals surface area contributed by atoms with Gasteiger partial charge in [0.2, 0.25) is 17.7 Å². The van der Waals surface area contributed by atoms with Crippen LogP contribution in [0.15, 0.2) is 49.1 Å². The summed E-state index contributed by atoms with van der Waals surface area (Å²) in [6, 6.07) is 8.94. The third-order valence-corrected chi connectivity index (χ3v) is 11.5. The number of carbonyl (C=O) groups is 7. The van der Waals surface area contributed by atoms with Gasteiger partial charge >= 0.3 is 0 Å². The summed E-state index contributed by atoms with van der Waals surface area (Å²) in [4.78, 5) is 109. The normalized spacial score (nSPS) is 20.0. The van der Waals surface area contributed by atoms with Crippen LogP contribution in [0.2, 0.25) is 0 Å². The number of imide groups is 2. The van der Waals surface area contributed by atoms with Crippen LogP contribution in [0.1, 0.15) is 81.5 Å². The fourth-order valence-corrected chi connectivity index (χ4v) is 8.08. The third-order valence-electron chi connectivity index (χ3n) is 11.5. The summed E-state index contributed by atoms with van der Waals surface area (Å²) >= 11 is 0. The third kappa shape index (κ3) is 9.63. The summed E-state index contributed by atoms with van der Waals surface area (Å²) in [5, 5.41) is 11.4. The van der Waals surface area contributed by atoms with Gasteiger partial charge in [-0.1, -0.05) is 12.1 Å². The molecule has 1 aromatic carbocycles. The first-order chi connectivity index (χ1) is 30.5. The number of amides is 7. The average molecular weight is 866 g/mol. The van der Waals surface area contributed by atoms with E-state index in [1.807, 2.05) is 23.6 Å². The van der Waals surface area contributed by atoms with E-state index in [4.69, 9.17) is 14.2 Å². The molecule has 0 unspecified atom stereocenters. The van der Waals surface area contributed by atoms with Crippen LogP contribution in [0.5, 0.6) is 5.75 Å². The van der Waals surface area contributed by atoms with Crippen LogP contribution in [0.4, 0.5) is 5.82 Å². The molecular weight excluding hydrogens is 819 g/mol. The molecule has 330 valence electrons. The number of hydrogen-bond donors (Lipinski definition) is 4. The van der Waals surface area contributed by atoms with Crippen LogP contribution < -0.4 is 26.0 Å². The van der Waals surface area contributed by atoms with Crippen molar-refractivity contribution in [3.8, 4) is 5.75 Å². The monoisotopic (exact) mass is 865 g/mol. The second-order valence-corrected chi connectivity index (χ2v) is 15.7. The SMILES string of the molecule is Cc1cccc(C(=O)NC2CC(n3cnc4c(NC5CCN(C(=O)COCCOCCNC(=O)COc6cccc7c6C(=O)N([C@H]6CCC(=O)NC6=O)C7=O)CC5)ncnc43)C2)n1. The molecule has 7 amide bonds. The minimum Gasteiger partial charge on any atom is -0.483 e. The van der Waals surface area contributed by atoms with Gasteiger partial charge in [0.05, 0.1) is 37.3 Å². The number of aromatic nitrogens is 5. The predicted molar refractivity (Wildman–Crippen MR) is 220 cm³/mol. The van der Waals surface area contributed by atoms with Crippen LogP contribution in [0.25, 0.3) is 11.2 Å². The second kappa shape index (κ2) is 19.0. The van der Waals surface area contributed by atoms with Crippen molar-refractivity contribution in [3.05, 3.63) is 71.6 Å². The molecule has 8 rings (SSSR count). The van der Waals surface area contributed by atoms with Gasteiger partial charge in [0.1, 0.15) is 35.9 Å². The molecule has 4 N–H and O–H groups in total. The quantitative estimate of drug-likeness (QED) is 0.0842. The molecule has 0 bridgehead atoms. The number of pyridine rings is 1. The van der Waals surface area contributed by atoms with Crippen LogP contribution in [0.3, 0.4) is 0 Å². The summed E-state index contributed by atoms with van der Waals surface area (Å²) in [7, 11) is 0. The zero-order valence-corrected chi connectivity index (χ0v) is 34.5. The highest BCUT2D eigenvalue weighted by Gasteiger charge is 2.46. The number of rotatable bonds is 17. The fraction of sp³-hybridized carbons (Fsp3) is 0.452. The maximum absolute atomic E-state index is 13.2. The maximum atomic E-state index is 13.2. The summed E-state index contributed by atoms with van der Waals surface area (Å²) in [6.07, 6.45) is 6.25. The molecule has 63 heavy (non-hydrogen) atoms. The van der Waals surface area contributed by atoms with Gasteiger partial charge in [0, 0.05) is 49.9 Å². The molecule has 1 atom stereocenters. The van der Waals surface area contributed by atoms with E-state index < -0.39 is 42.2 Å². The van der Waals surface area contributed by atoms with E-state index in [1.165, 1.54) is 24.5 Å². The predicted octanol–water partition coefficient (Wildman–Crippen LogP) is 0.696. The number of fused-ring (bicyclic) bond motifs is 2. The van der Waals surface area contributed by atoms with Crippen molar-refractivity contribution in [1.29, 1.82) is 0 Å². The molecule has 21 heteroatoms. The first-order valence-electron chi connectivity index (χ1n) is 20.9. The second-order valence-electron chi connectivity index (χ2n) is 15.7. The Hall–Kier alpha value is -6.87. The first-order valence-corrected chi connectivity index (χ1v) is 20.9. The van der Waals surface area contributed by atoms with Gasteiger partial charge in [-0.25, -0.2) is 19.9 Å². The molecule has 4 aliphatic rings. The van der Waals surface area contributed by atoms with Crippen molar-refractivity contribution >= 4 is 58.3 Å². The zero-order chi connectivity index (χ0) is 44.0. The molecule has 1 aliphatic carbocycles. The van der Waals surface area contributed by atoms with E-state index >= 15 is 0 Å². The number of ether oxygens (including phenoxy) is 3. The summed E-state index contributed by atoms with van der Waals surface area (Å²) in [5.74, 6) is -2.72. The lowest BCUT2D eigenvalue weighted by Crippen LogP contribution is -2.54. The van der Waals surface area contributed by atoms with Crippen LogP contribution in [0, 0.1) is 6.92 Å². The van der Waals surface area contributed by atoms with Crippen LogP contribution >= 0.6 is 0 Å². The standard InChI is InChI=1S/C42H47N11O10/c1-24-4-2-6-29(47-24)39(57)49-26-18-27(19-26)52-23-46-36-37(44-22-45-38(36)52)48-25-10-13-51(14-11-25)34(56)21-62-17-16-61-15-12-43-33(55)20-63-31-7-3-5-28-35(31)42(60)53(41(28)59)30-8-9-32(54)50-40(30)58/h2-7,22-23,25-27,30H,8-21H2,1H3,(H,43,55)(H,49,57)(H,44,45,48)(H,50,54,58)/t26?,27?,30-/m0/s1. The molecule has 6 heterocycles. The Morgan fingerprint density at radius 3 is 2.46 bits per heavy atom. The van der Waals surface area contributed by atoms with Crippen molar-refractivity contribution < 1.29 is 47.8 Å². The zero-order valence-electron chi connectivity index (χ0n) is 34.5. The number of benzene rings is 1. The number of aryl methyl sites for hydroxylation is 1. The van der Waals surface area contributed by atoms with Crippen molar-refractivity contribution in [1.82, 2.24) is 50.3 Å². The lowest BCUT2D eigenvalue weighted by atomic mass is 9.86. The van der Waals surface area contributed by atoms with Gasteiger partial charge in [-0.2, -0.15) is 0 Å². The molecule has 3 fully saturated rings. The highest BCUT2D eigenvalue weighted by Crippen LogP contribution is 2.36. The molecule has 3 aromatic heterocycles. The Morgan fingerprint density at radius 2 is 1.67 bits per heavy atom. The van der Waals surface area contributed by atoms with Crippen molar-refractivity contribution in [2.75, 3.05) is 58.0 Å². The number of hydrogen-bond acceptors (Lipinski definition) is 15. The molecule has 21 nitrogen and oxygen atoms in total. The van der Waals surface area contributed by atoms with E-state index in [-0.39, 0.29) is 92.6 Å². The maximum Gasteiger partial charge on any atom is 0.270 e. The number of anilines is 1. The van der Waals surface area contributed by atoms with Gasteiger partial charge in [-0.3, -0.25) is 43.8 Å². The lowest BCUT2D eigenvalue weighted by Gasteiger charge is -2.36. The topological polar surface area (TPSA) is 258 Å². The fourth-order valence-electron chi connectivity index (χ4n) is 8.08. The highest BCUT2D eigenvalue weighted by molar-refractivity contribution is 6.24. The number of likely N-dealkylation sites (tertiary alicyclic amines) is 1. The highest BCUT2D eigenvalue weighted by atomic mass is 16.5. The van der Waals surface area contributed by atoms with Gasteiger partial charge in [0.25, 0.3) is 23.6 Å². The molecule has 0 spiro atoms. The molecule has 1 saturated carbocycles. The molecule has 3 aliphatic heterocycles. The van der Waals surface area contributed by atoms with Crippen molar-refractivity contribution in [2.45, 2.75) is 69.6 Å². The lowest BCUT2D eigenvalue weighted by molar-refractivity contribution is -0.138. The average Bonchev–Trinajstić information content (AvgIpc) is 3.80. The Bertz CT molecular complexity index is 2430. The Balaban J connectivity index is 0.684. The summed E-state index contributed by atoms with van der Waals surface area (Å²) in [5.41, 5.74) is 2.60. The molecule has 2 saturated heterocycles. The Morgan fingerprint density at radius 1 is 0.873 bits per heavy atom. The van der Waals surface area contributed by atoms with E-state index in [1.54, 1.807) is 17.3 Å². The Labute approximate surface area is 360 Å². The van der Waals surface area contributed by atoms with Gasteiger partial charge in [-0.05, 0) is 63.3 Å². The van der Waals surface area contributed by atoms with Crippen molar-refractivity contribution in [2.24, 2.45) is 0 Å². The van der Waals surface area contributed by atoms with Gasteiger partial charge in [0.15, 0.2) is 18.1 Å². The summed E-state index contributed by atoms with van der Waals surface area (Å²) < 4.78 is 18.7. The number of nitrogens with one attached hydrogen (secondary N) is 4. The van der Waals surface area contributed by atoms with E-state index in [0.29, 0.717) is 43.0 Å². The van der Waals surface area contributed by atoms with E-state index in [0.717, 1.165) is 29.1 Å². The number of piperidine rings is 2. The smallest absolute Gasteiger partial charge is 0.270 e. The van der Waals surface area contributed by atoms with E-state index in [2.05, 4.69) is 41.2 Å². The summed E-state index contributed by atoms with van der Waals surface area (Å²) in [6.45, 7) is 3.15. The molecule has 4 aromatic rings. The minimum atomic E-state index is -1.12. The number of imidazole rings is 1. The molecular formula is C42H47N11O10. The number of carbonyl (C=O) groups excluding carboxylic acids is 7. The van der Waals surface area contributed by atoms with E-state index in [9.17, 15) is 33.6 Å². The minimum absolute atomic E-state index is 0.00249. The van der Waals surface area contributed by atoms with Crippen molar-refractivity contribution in [3.63, 3.8) is 0 Å². The van der Waals surface area contributed by atoms with Gasteiger partial charge < -0.3 is 39.6 Å². The van der Waals surface area contributed by atoms with Gasteiger partial charge in [-0.15, -0.1) is 0 Å². The number of nitrogens with zero attached hydrogens (tertiary/aromatic N) is 7. The van der Waals surface area contributed by atoms with Crippen LogP contribution in [-0.2, 0) is 28.7 Å². The Kier molecular flexibility index (Phi) is 12.9. The first kappa shape index (κ1) is 42.8.